The predicted octanol–water partition coefficient (Wildman–Crippen LogP) is -1.59. The Morgan fingerprint density at radius 1 is 1.44 bits per heavy atom. The van der Waals surface area contributed by atoms with Crippen LogP contribution in [0, 0.1) is 6.92 Å². The summed E-state index contributed by atoms with van der Waals surface area (Å²) in [6, 6.07) is 0. The first kappa shape index (κ1) is 12.2. The van der Waals surface area contributed by atoms with E-state index in [1.165, 1.54) is 0 Å². The van der Waals surface area contributed by atoms with Gasteiger partial charge in [-0.15, -0.1) is 0 Å². The number of aromatic nitrogens is 2. The minimum absolute atomic E-state index is 0.0626. The van der Waals surface area contributed by atoms with Crippen molar-refractivity contribution in [2.24, 2.45) is 5.73 Å². The van der Waals surface area contributed by atoms with E-state index in [0.717, 1.165) is 11.3 Å². The molecule has 0 radical (unpaired) electrons. The summed E-state index contributed by atoms with van der Waals surface area (Å²) in [6.45, 7) is 2.07. The molecule has 0 bridgehead atoms. The highest BCUT2D eigenvalue weighted by atomic mass is 16.2. The van der Waals surface area contributed by atoms with Crippen LogP contribution in [0.15, 0.2) is 6.20 Å². The number of aryl methyl sites for hydroxylation is 1. The normalized spacial score (nSPS) is 9.88. The molecule has 2 amide bonds. The summed E-state index contributed by atoms with van der Waals surface area (Å²) in [5.41, 5.74) is 6.90. The van der Waals surface area contributed by atoms with E-state index >= 15 is 0 Å². The zero-order chi connectivity index (χ0) is 12.0. The number of carbonyl (C=O) groups is 2. The van der Waals surface area contributed by atoms with Crippen LogP contribution in [0.1, 0.15) is 11.3 Å². The van der Waals surface area contributed by atoms with Crippen molar-refractivity contribution < 1.29 is 9.59 Å². The van der Waals surface area contributed by atoms with Crippen molar-refractivity contribution >= 4 is 11.8 Å². The van der Waals surface area contributed by atoms with Crippen molar-refractivity contribution in [1.82, 2.24) is 20.8 Å². The summed E-state index contributed by atoms with van der Waals surface area (Å²) in [5, 5.41) is 11.6. The Hall–Kier alpha value is -1.89. The van der Waals surface area contributed by atoms with E-state index in [9.17, 15) is 9.59 Å². The lowest BCUT2D eigenvalue weighted by Crippen LogP contribution is -2.39. The van der Waals surface area contributed by atoms with Crippen LogP contribution < -0.4 is 16.4 Å². The Morgan fingerprint density at radius 2 is 2.19 bits per heavy atom. The number of nitrogens with zero attached hydrogens (tertiary/aromatic N) is 1. The van der Waals surface area contributed by atoms with Gasteiger partial charge < -0.3 is 16.4 Å². The van der Waals surface area contributed by atoms with E-state index in [2.05, 4.69) is 20.8 Å². The maximum Gasteiger partial charge on any atom is 0.239 e. The van der Waals surface area contributed by atoms with Crippen LogP contribution in [-0.4, -0.2) is 35.1 Å². The molecule has 0 aliphatic carbocycles. The molecule has 1 rings (SSSR count). The summed E-state index contributed by atoms with van der Waals surface area (Å²) in [6.07, 6.45) is 1.65. The van der Waals surface area contributed by atoms with Gasteiger partial charge in [0.05, 0.1) is 19.3 Å². The molecule has 7 heteroatoms. The zero-order valence-electron chi connectivity index (χ0n) is 9.04. The fraction of sp³-hybridized carbons (Fsp3) is 0.444. The number of aromatic amines is 1. The molecule has 5 N–H and O–H groups in total. The molecule has 7 nitrogen and oxygen atoms in total. The number of amides is 2. The number of nitrogens with two attached hydrogens (primary N) is 1. The number of nitrogens with one attached hydrogen (secondary N) is 3. The number of carbonyl (C=O) groups excluding carboxylic acids is 2. The molecule has 16 heavy (non-hydrogen) atoms. The Morgan fingerprint density at radius 3 is 2.75 bits per heavy atom. The molecular formula is C9H15N5O2. The Kier molecular flexibility index (Phi) is 4.46. The maximum absolute atomic E-state index is 11.3. The van der Waals surface area contributed by atoms with E-state index < -0.39 is 0 Å². The molecule has 1 aromatic heterocycles. The van der Waals surface area contributed by atoms with Gasteiger partial charge in [0.25, 0.3) is 0 Å². The fourth-order valence-corrected chi connectivity index (χ4v) is 1.06. The number of hydrogen-bond donors (Lipinski definition) is 4. The predicted molar refractivity (Wildman–Crippen MR) is 57.2 cm³/mol. The maximum atomic E-state index is 11.3. The Bertz CT molecular complexity index is 374. The quantitative estimate of drug-likeness (QED) is 0.484. The first-order valence-corrected chi connectivity index (χ1v) is 4.85. The van der Waals surface area contributed by atoms with E-state index in [-0.39, 0.29) is 24.9 Å². The molecule has 0 atom stereocenters. The fourth-order valence-electron chi connectivity index (χ4n) is 1.06. The summed E-state index contributed by atoms with van der Waals surface area (Å²) >= 11 is 0. The Labute approximate surface area is 92.8 Å². The molecular weight excluding hydrogens is 210 g/mol. The average Bonchev–Trinajstić information content (AvgIpc) is 2.69. The number of rotatable bonds is 5. The largest absolute Gasteiger partial charge is 0.350 e. The molecule has 0 spiro atoms. The van der Waals surface area contributed by atoms with Crippen LogP contribution in [0.25, 0.3) is 0 Å². The van der Waals surface area contributed by atoms with Gasteiger partial charge in [0.15, 0.2) is 0 Å². The van der Waals surface area contributed by atoms with Gasteiger partial charge in [-0.05, 0) is 6.92 Å². The number of hydrogen-bond acceptors (Lipinski definition) is 4. The lowest BCUT2D eigenvalue weighted by molar-refractivity contribution is -0.125. The van der Waals surface area contributed by atoms with Crippen molar-refractivity contribution in [3.63, 3.8) is 0 Å². The first-order chi connectivity index (χ1) is 7.63. The minimum atomic E-state index is -0.352. The lowest BCUT2D eigenvalue weighted by atomic mass is 10.2. The third-order valence-electron chi connectivity index (χ3n) is 2.04. The van der Waals surface area contributed by atoms with Crippen LogP contribution in [0.4, 0.5) is 0 Å². The van der Waals surface area contributed by atoms with Gasteiger partial charge in [0.2, 0.25) is 11.8 Å². The molecule has 0 aromatic carbocycles. The Balaban J connectivity index is 2.25. The van der Waals surface area contributed by atoms with Gasteiger partial charge in [0, 0.05) is 17.8 Å². The van der Waals surface area contributed by atoms with Crippen molar-refractivity contribution in [2.45, 2.75) is 13.5 Å². The smallest absolute Gasteiger partial charge is 0.239 e. The van der Waals surface area contributed by atoms with Crippen LogP contribution in [-0.2, 0) is 16.1 Å². The summed E-state index contributed by atoms with van der Waals surface area (Å²) < 4.78 is 0. The third-order valence-corrected chi connectivity index (χ3v) is 2.04. The van der Waals surface area contributed by atoms with E-state index in [0.29, 0.717) is 6.54 Å². The average molecular weight is 225 g/mol. The van der Waals surface area contributed by atoms with Crippen molar-refractivity contribution in [3.05, 3.63) is 17.5 Å². The molecule has 0 aliphatic rings. The zero-order valence-corrected chi connectivity index (χ0v) is 9.04. The van der Waals surface area contributed by atoms with Crippen LogP contribution >= 0.6 is 0 Å². The van der Waals surface area contributed by atoms with E-state index in [4.69, 9.17) is 5.73 Å². The second-order valence-electron chi connectivity index (χ2n) is 3.28. The van der Waals surface area contributed by atoms with Crippen LogP contribution in [0.5, 0.6) is 0 Å². The molecule has 0 aliphatic heterocycles. The van der Waals surface area contributed by atoms with Crippen molar-refractivity contribution in [1.29, 1.82) is 0 Å². The second-order valence-corrected chi connectivity index (χ2v) is 3.28. The molecule has 1 heterocycles. The monoisotopic (exact) mass is 225 g/mol. The summed E-state index contributed by atoms with van der Waals surface area (Å²) in [5.74, 6) is -0.614. The van der Waals surface area contributed by atoms with Gasteiger partial charge >= 0.3 is 0 Å². The molecule has 0 saturated heterocycles. The topological polar surface area (TPSA) is 113 Å². The van der Waals surface area contributed by atoms with Crippen molar-refractivity contribution in [3.8, 4) is 0 Å². The first-order valence-electron chi connectivity index (χ1n) is 4.85. The van der Waals surface area contributed by atoms with Gasteiger partial charge in [-0.2, -0.15) is 5.10 Å². The van der Waals surface area contributed by atoms with Gasteiger partial charge in [-0.25, -0.2) is 0 Å². The van der Waals surface area contributed by atoms with Gasteiger partial charge in [-0.3, -0.25) is 14.7 Å². The standard InChI is InChI=1S/C9H15N5O2/c1-6-7(4-13-14-6)3-11-9(16)5-12-8(15)2-10/h4H,2-3,5,10H2,1H3,(H,11,16)(H,12,15)(H,13,14). The van der Waals surface area contributed by atoms with Gasteiger partial charge in [-0.1, -0.05) is 0 Å². The van der Waals surface area contributed by atoms with Crippen LogP contribution in [0.2, 0.25) is 0 Å². The highest BCUT2D eigenvalue weighted by Gasteiger charge is 2.05. The third kappa shape index (κ3) is 3.70. The van der Waals surface area contributed by atoms with Crippen molar-refractivity contribution in [2.75, 3.05) is 13.1 Å². The second kappa shape index (κ2) is 5.86. The van der Waals surface area contributed by atoms with Crippen LogP contribution in [0.3, 0.4) is 0 Å². The molecule has 0 fully saturated rings. The van der Waals surface area contributed by atoms with Gasteiger partial charge in [0.1, 0.15) is 0 Å². The SMILES string of the molecule is Cc1[nH]ncc1CNC(=O)CNC(=O)CN. The number of H-pyrrole nitrogens is 1. The molecule has 1 aromatic rings. The lowest BCUT2D eigenvalue weighted by Gasteiger charge is -2.05. The highest BCUT2D eigenvalue weighted by molar-refractivity contribution is 5.85. The molecule has 0 unspecified atom stereocenters. The molecule has 0 saturated carbocycles. The minimum Gasteiger partial charge on any atom is -0.350 e. The molecule has 88 valence electrons. The highest BCUT2D eigenvalue weighted by Crippen LogP contribution is 2.00. The van der Waals surface area contributed by atoms with E-state index in [1.807, 2.05) is 6.92 Å². The summed E-state index contributed by atoms with van der Waals surface area (Å²) in [7, 11) is 0. The summed E-state index contributed by atoms with van der Waals surface area (Å²) in [4.78, 5) is 22.0. The van der Waals surface area contributed by atoms with E-state index in [1.54, 1.807) is 6.20 Å².